The van der Waals surface area contributed by atoms with E-state index in [1.807, 2.05) is 6.92 Å². The number of aliphatic hydroxyl groups excluding tert-OH is 1. The van der Waals surface area contributed by atoms with Crippen molar-refractivity contribution in [2.24, 2.45) is 5.92 Å². The van der Waals surface area contributed by atoms with Crippen LogP contribution in [0, 0.1) is 16.0 Å². The van der Waals surface area contributed by atoms with Gasteiger partial charge < -0.3 is 10.0 Å². The molecular weight excluding hydrogens is 260 g/mol. The largest absolute Gasteiger partial charge is 0.391 e. The Morgan fingerprint density at radius 1 is 1.50 bits per heavy atom. The van der Waals surface area contributed by atoms with Gasteiger partial charge in [0.05, 0.1) is 17.4 Å². The number of rotatable bonds is 3. The van der Waals surface area contributed by atoms with Crippen molar-refractivity contribution < 1.29 is 14.8 Å². The molecule has 1 aromatic rings. The average Bonchev–Trinajstić information content (AvgIpc) is 2.42. The smallest absolute Gasteiger partial charge is 0.273 e. The molecule has 0 aromatic heterocycles. The summed E-state index contributed by atoms with van der Waals surface area (Å²) in [6.45, 7) is 2.85. The number of β-amino-alcohol motifs (C(OH)–C–C–N with tert-alkyl or cyclic N) is 1. The first-order valence-corrected chi connectivity index (χ1v) is 6.67. The lowest BCUT2D eigenvalue weighted by Crippen LogP contribution is -2.46. The maximum absolute atomic E-state index is 12.2. The number of nitrogens with zero attached hydrogens (tertiary/aromatic N) is 2. The van der Waals surface area contributed by atoms with E-state index in [2.05, 4.69) is 0 Å². The number of piperidine rings is 1. The Kier molecular flexibility index (Phi) is 4.34. The summed E-state index contributed by atoms with van der Waals surface area (Å²) in [5.74, 6) is 0.00959. The normalized spacial score (nSPS) is 22.6. The van der Waals surface area contributed by atoms with Crippen molar-refractivity contribution in [3.05, 3.63) is 39.9 Å². The van der Waals surface area contributed by atoms with Crippen LogP contribution in [0.3, 0.4) is 0 Å². The van der Waals surface area contributed by atoms with E-state index in [4.69, 9.17) is 0 Å². The molecule has 20 heavy (non-hydrogen) atoms. The Morgan fingerprint density at radius 3 is 2.85 bits per heavy atom. The monoisotopic (exact) mass is 278 g/mol. The summed E-state index contributed by atoms with van der Waals surface area (Å²) >= 11 is 0. The van der Waals surface area contributed by atoms with Crippen LogP contribution in [0.4, 0.5) is 5.69 Å². The first kappa shape index (κ1) is 14.5. The van der Waals surface area contributed by atoms with E-state index in [-0.39, 0.29) is 23.9 Å². The first-order chi connectivity index (χ1) is 9.49. The second-order valence-electron chi connectivity index (χ2n) is 5.24. The predicted molar refractivity (Wildman–Crippen MR) is 73.2 cm³/mol. The van der Waals surface area contributed by atoms with Crippen LogP contribution in [0.15, 0.2) is 24.3 Å². The molecule has 1 aliphatic rings. The fourth-order valence-electron chi connectivity index (χ4n) is 2.39. The summed E-state index contributed by atoms with van der Waals surface area (Å²) in [6, 6.07) is 6.26. The highest BCUT2D eigenvalue weighted by Crippen LogP contribution is 2.21. The molecule has 1 amide bonds. The molecule has 2 unspecified atom stereocenters. The lowest BCUT2D eigenvalue weighted by molar-refractivity contribution is -0.385. The number of hydrogen-bond acceptors (Lipinski definition) is 4. The molecule has 2 rings (SSSR count). The molecule has 0 spiro atoms. The number of hydrogen-bond donors (Lipinski definition) is 1. The SMILES string of the molecule is CC1CCN(C(=O)Cc2ccccc2[N+](=O)[O-])CC1O. The summed E-state index contributed by atoms with van der Waals surface area (Å²) in [5, 5.41) is 20.7. The standard InChI is InChI=1S/C14H18N2O4/c1-10-6-7-15(9-13(10)17)14(18)8-11-4-2-3-5-12(11)16(19)20/h2-5,10,13,17H,6-9H2,1H3. The van der Waals surface area contributed by atoms with Gasteiger partial charge in [0.15, 0.2) is 0 Å². The Balaban J connectivity index is 2.07. The molecule has 108 valence electrons. The van der Waals surface area contributed by atoms with Crippen LogP contribution in [0.1, 0.15) is 18.9 Å². The number of para-hydroxylation sites is 1. The summed E-state index contributed by atoms with van der Waals surface area (Å²) in [4.78, 5) is 24.2. The second-order valence-corrected chi connectivity index (χ2v) is 5.24. The minimum Gasteiger partial charge on any atom is -0.391 e. The van der Waals surface area contributed by atoms with Crippen molar-refractivity contribution in [3.8, 4) is 0 Å². The molecular formula is C14H18N2O4. The van der Waals surface area contributed by atoms with Gasteiger partial charge in [0, 0.05) is 24.7 Å². The molecule has 0 aliphatic carbocycles. The summed E-state index contributed by atoms with van der Waals surface area (Å²) in [7, 11) is 0. The van der Waals surface area contributed by atoms with Gasteiger partial charge in [0.2, 0.25) is 5.91 Å². The molecule has 1 heterocycles. The summed E-state index contributed by atoms with van der Waals surface area (Å²) < 4.78 is 0. The quantitative estimate of drug-likeness (QED) is 0.668. The van der Waals surface area contributed by atoms with Crippen molar-refractivity contribution in [2.45, 2.75) is 25.9 Å². The van der Waals surface area contributed by atoms with Gasteiger partial charge in [0.25, 0.3) is 5.69 Å². The molecule has 1 fully saturated rings. The number of likely N-dealkylation sites (tertiary alicyclic amines) is 1. The first-order valence-electron chi connectivity index (χ1n) is 6.67. The van der Waals surface area contributed by atoms with E-state index in [1.165, 1.54) is 6.07 Å². The van der Waals surface area contributed by atoms with Crippen molar-refractivity contribution in [2.75, 3.05) is 13.1 Å². The zero-order chi connectivity index (χ0) is 14.7. The van der Waals surface area contributed by atoms with Crippen molar-refractivity contribution >= 4 is 11.6 Å². The highest BCUT2D eigenvalue weighted by atomic mass is 16.6. The minimum atomic E-state index is -0.515. The Labute approximate surface area is 117 Å². The van der Waals surface area contributed by atoms with Crippen LogP contribution >= 0.6 is 0 Å². The molecule has 2 atom stereocenters. The van der Waals surface area contributed by atoms with Crippen LogP contribution in [0.2, 0.25) is 0 Å². The lowest BCUT2D eigenvalue weighted by atomic mass is 9.95. The second kappa shape index (κ2) is 6.00. The molecule has 1 saturated heterocycles. The molecule has 0 saturated carbocycles. The molecule has 6 heteroatoms. The van der Waals surface area contributed by atoms with Gasteiger partial charge in [-0.15, -0.1) is 0 Å². The van der Waals surface area contributed by atoms with Crippen LogP contribution in [0.25, 0.3) is 0 Å². The zero-order valence-electron chi connectivity index (χ0n) is 11.4. The Bertz CT molecular complexity index is 518. The lowest BCUT2D eigenvalue weighted by Gasteiger charge is -2.34. The third-order valence-electron chi connectivity index (χ3n) is 3.80. The van der Waals surface area contributed by atoms with E-state index in [1.54, 1.807) is 23.1 Å². The Hall–Kier alpha value is -1.95. The molecule has 1 N–H and O–H groups in total. The highest BCUT2D eigenvalue weighted by Gasteiger charge is 2.28. The molecule has 0 radical (unpaired) electrons. The van der Waals surface area contributed by atoms with Gasteiger partial charge in [-0.3, -0.25) is 14.9 Å². The van der Waals surface area contributed by atoms with Crippen LogP contribution in [-0.4, -0.2) is 40.0 Å². The topological polar surface area (TPSA) is 83.7 Å². The van der Waals surface area contributed by atoms with Gasteiger partial charge in [0.1, 0.15) is 0 Å². The van der Waals surface area contributed by atoms with Gasteiger partial charge in [-0.1, -0.05) is 25.1 Å². The molecule has 1 aromatic carbocycles. The van der Waals surface area contributed by atoms with Gasteiger partial charge in [-0.25, -0.2) is 0 Å². The Morgan fingerprint density at radius 2 is 2.20 bits per heavy atom. The van der Waals surface area contributed by atoms with Gasteiger partial charge in [-0.2, -0.15) is 0 Å². The third kappa shape index (κ3) is 3.14. The van der Waals surface area contributed by atoms with E-state index >= 15 is 0 Å². The molecule has 0 bridgehead atoms. The maximum Gasteiger partial charge on any atom is 0.273 e. The highest BCUT2D eigenvalue weighted by molar-refractivity contribution is 5.80. The van der Waals surface area contributed by atoms with E-state index < -0.39 is 11.0 Å². The van der Waals surface area contributed by atoms with Crippen LogP contribution in [-0.2, 0) is 11.2 Å². The number of nitro groups is 1. The molecule has 1 aliphatic heterocycles. The number of benzene rings is 1. The zero-order valence-corrected chi connectivity index (χ0v) is 11.4. The summed E-state index contributed by atoms with van der Waals surface area (Å²) in [5.41, 5.74) is 0.377. The van der Waals surface area contributed by atoms with Gasteiger partial charge in [-0.05, 0) is 12.3 Å². The van der Waals surface area contributed by atoms with Crippen molar-refractivity contribution in [1.29, 1.82) is 0 Å². The fourth-order valence-corrected chi connectivity index (χ4v) is 2.39. The van der Waals surface area contributed by atoms with Crippen molar-refractivity contribution in [1.82, 2.24) is 4.90 Å². The third-order valence-corrected chi connectivity index (χ3v) is 3.80. The van der Waals surface area contributed by atoms with Gasteiger partial charge >= 0.3 is 0 Å². The number of carbonyl (C=O) groups is 1. The number of aliphatic hydroxyl groups is 1. The summed E-state index contributed by atoms with van der Waals surface area (Å²) in [6.07, 6.45) is 0.237. The maximum atomic E-state index is 12.2. The molecule has 6 nitrogen and oxygen atoms in total. The fraction of sp³-hybridized carbons (Fsp3) is 0.500. The van der Waals surface area contributed by atoms with E-state index in [9.17, 15) is 20.0 Å². The van der Waals surface area contributed by atoms with Crippen molar-refractivity contribution in [3.63, 3.8) is 0 Å². The number of carbonyl (C=O) groups excluding carboxylic acids is 1. The predicted octanol–water partition coefficient (Wildman–Crippen LogP) is 1.37. The number of nitro benzene ring substituents is 1. The van der Waals surface area contributed by atoms with E-state index in [0.29, 0.717) is 18.7 Å². The van der Waals surface area contributed by atoms with E-state index in [0.717, 1.165) is 6.42 Å². The average molecular weight is 278 g/mol. The van der Waals surface area contributed by atoms with Crippen LogP contribution in [0.5, 0.6) is 0 Å². The minimum absolute atomic E-state index is 0.00173. The number of amides is 1. The van der Waals surface area contributed by atoms with Crippen LogP contribution < -0.4 is 0 Å².